The smallest absolute Gasteiger partial charge is 0.198 e. The number of rotatable bonds is 2. The Bertz CT molecular complexity index is 1010. The molecule has 1 aliphatic rings. The van der Waals surface area contributed by atoms with Crippen LogP contribution in [0.4, 0.5) is 0 Å². The number of fused-ring (bicyclic) bond motifs is 3. The molecular weight excluding hydrogens is 306 g/mol. The van der Waals surface area contributed by atoms with Gasteiger partial charge in [0.15, 0.2) is 5.72 Å². The molecule has 0 N–H and O–H groups in total. The molecule has 0 atom stereocenters. The van der Waals surface area contributed by atoms with E-state index in [1.165, 1.54) is 22.2 Å². The zero-order valence-electron chi connectivity index (χ0n) is 14.1. The summed E-state index contributed by atoms with van der Waals surface area (Å²) in [7, 11) is 0. The average Bonchev–Trinajstić information content (AvgIpc) is 3.20. The van der Waals surface area contributed by atoms with Gasteiger partial charge in [-0.2, -0.15) is 0 Å². The summed E-state index contributed by atoms with van der Waals surface area (Å²) in [6.45, 7) is 2.75. The van der Waals surface area contributed by atoms with E-state index in [1.54, 1.807) is 0 Å². The molecule has 0 amide bonds. The summed E-state index contributed by atoms with van der Waals surface area (Å²) >= 11 is 0. The lowest BCUT2D eigenvalue weighted by Gasteiger charge is -2.32. The van der Waals surface area contributed by atoms with Crippen LogP contribution < -0.4 is 0 Å². The highest BCUT2D eigenvalue weighted by Gasteiger charge is 2.44. The van der Waals surface area contributed by atoms with Crippen LogP contribution in [0.5, 0.6) is 0 Å². The van der Waals surface area contributed by atoms with Gasteiger partial charge in [0, 0.05) is 22.2 Å². The van der Waals surface area contributed by atoms with Crippen molar-refractivity contribution in [1.29, 1.82) is 0 Å². The highest BCUT2D eigenvalue weighted by Crippen LogP contribution is 2.44. The first kappa shape index (κ1) is 14.5. The minimum Gasteiger partial charge on any atom is -0.341 e. The molecule has 0 saturated heterocycles. The molecule has 0 radical (unpaired) electrons. The van der Waals surface area contributed by atoms with Gasteiger partial charge in [-0.3, -0.25) is 0 Å². The van der Waals surface area contributed by atoms with Crippen LogP contribution in [-0.2, 0) is 17.1 Å². The van der Waals surface area contributed by atoms with E-state index in [4.69, 9.17) is 4.74 Å². The van der Waals surface area contributed by atoms with Crippen molar-refractivity contribution in [3.05, 3.63) is 107 Å². The predicted molar refractivity (Wildman–Crippen MR) is 101 cm³/mol. The monoisotopic (exact) mass is 325 g/mol. The first-order valence-electron chi connectivity index (χ1n) is 8.65. The third-order valence-electron chi connectivity index (χ3n) is 5.11. The second-order valence-electron chi connectivity index (χ2n) is 6.70. The molecule has 2 heterocycles. The Morgan fingerprint density at radius 3 is 2.08 bits per heavy atom. The Hall–Kier alpha value is -2.84. The standard InChI is InChI=1S/C23H19NO/c1-17-12-13-22-18(14-17)15-21-16-25-23(24(21)22,19-8-4-2-5-9-19)20-10-6-3-7-11-20/h2-15H,16H2,1H3. The van der Waals surface area contributed by atoms with Gasteiger partial charge in [0.25, 0.3) is 0 Å². The number of hydrogen-bond acceptors (Lipinski definition) is 1. The van der Waals surface area contributed by atoms with E-state index in [0.717, 1.165) is 11.1 Å². The molecule has 122 valence electrons. The minimum absolute atomic E-state index is 0.609. The van der Waals surface area contributed by atoms with E-state index in [1.807, 2.05) is 0 Å². The van der Waals surface area contributed by atoms with Crippen molar-refractivity contribution in [2.24, 2.45) is 0 Å². The number of aryl methyl sites for hydroxylation is 1. The summed E-state index contributed by atoms with van der Waals surface area (Å²) in [6.07, 6.45) is 0. The molecule has 4 aromatic rings. The van der Waals surface area contributed by atoms with Crippen molar-refractivity contribution in [2.75, 3.05) is 0 Å². The first-order valence-corrected chi connectivity index (χ1v) is 8.65. The highest BCUT2D eigenvalue weighted by molar-refractivity contribution is 5.83. The summed E-state index contributed by atoms with van der Waals surface area (Å²) in [5.74, 6) is 0. The summed E-state index contributed by atoms with van der Waals surface area (Å²) in [5.41, 5.74) is 5.40. The maximum atomic E-state index is 6.52. The van der Waals surface area contributed by atoms with Gasteiger partial charge < -0.3 is 9.30 Å². The summed E-state index contributed by atoms with van der Waals surface area (Å²) < 4.78 is 8.89. The number of ether oxygens (including phenoxy) is 1. The van der Waals surface area contributed by atoms with Crippen LogP contribution in [0, 0.1) is 6.92 Å². The number of benzene rings is 3. The van der Waals surface area contributed by atoms with Gasteiger partial charge in [-0.05, 0) is 25.1 Å². The second kappa shape index (κ2) is 5.33. The number of hydrogen-bond donors (Lipinski definition) is 0. The Morgan fingerprint density at radius 2 is 1.44 bits per heavy atom. The molecule has 5 rings (SSSR count). The molecule has 3 aromatic carbocycles. The summed E-state index contributed by atoms with van der Waals surface area (Å²) in [5, 5.41) is 1.27. The van der Waals surface area contributed by atoms with Crippen molar-refractivity contribution in [3.8, 4) is 0 Å². The van der Waals surface area contributed by atoms with Crippen LogP contribution in [0.15, 0.2) is 84.9 Å². The molecular formula is C23H19NO. The second-order valence-corrected chi connectivity index (χ2v) is 6.70. The van der Waals surface area contributed by atoms with Crippen molar-refractivity contribution < 1.29 is 4.74 Å². The van der Waals surface area contributed by atoms with Crippen molar-refractivity contribution in [2.45, 2.75) is 19.3 Å². The topological polar surface area (TPSA) is 14.2 Å². The van der Waals surface area contributed by atoms with Gasteiger partial charge in [0.1, 0.15) is 0 Å². The fraction of sp³-hybridized carbons (Fsp3) is 0.130. The Morgan fingerprint density at radius 1 is 0.800 bits per heavy atom. The summed E-state index contributed by atoms with van der Waals surface area (Å²) in [4.78, 5) is 0. The van der Waals surface area contributed by atoms with E-state index in [-0.39, 0.29) is 0 Å². The fourth-order valence-electron chi connectivity index (χ4n) is 4.03. The maximum absolute atomic E-state index is 6.52. The van der Waals surface area contributed by atoms with E-state index >= 15 is 0 Å². The zero-order chi connectivity index (χ0) is 16.9. The predicted octanol–water partition coefficient (Wildman–Crippen LogP) is 5.23. The van der Waals surface area contributed by atoms with Crippen molar-refractivity contribution in [1.82, 2.24) is 4.57 Å². The molecule has 0 saturated carbocycles. The molecule has 0 fully saturated rings. The first-order chi connectivity index (χ1) is 12.3. The van der Waals surface area contributed by atoms with E-state index in [9.17, 15) is 0 Å². The van der Waals surface area contributed by atoms with Crippen LogP contribution >= 0.6 is 0 Å². The lowest BCUT2D eigenvalue weighted by Crippen LogP contribution is -2.34. The van der Waals surface area contributed by atoms with Gasteiger partial charge in [0.2, 0.25) is 0 Å². The largest absolute Gasteiger partial charge is 0.341 e. The van der Waals surface area contributed by atoms with Crippen LogP contribution in [0.25, 0.3) is 10.9 Å². The van der Waals surface area contributed by atoms with Gasteiger partial charge in [-0.15, -0.1) is 0 Å². The van der Waals surface area contributed by atoms with Gasteiger partial charge in [0.05, 0.1) is 12.1 Å². The van der Waals surface area contributed by atoms with Gasteiger partial charge >= 0.3 is 0 Å². The SMILES string of the molecule is Cc1ccc2c(c1)cc1n2C(c2ccccc2)(c2ccccc2)OC1. The molecule has 0 unspecified atom stereocenters. The van der Waals surface area contributed by atoms with Crippen molar-refractivity contribution >= 4 is 10.9 Å². The Balaban J connectivity index is 1.88. The average molecular weight is 325 g/mol. The van der Waals surface area contributed by atoms with E-state index in [0.29, 0.717) is 6.61 Å². The number of aromatic nitrogens is 1. The molecule has 2 heteroatoms. The van der Waals surface area contributed by atoms with Crippen LogP contribution in [0.1, 0.15) is 22.4 Å². The molecule has 2 nitrogen and oxygen atoms in total. The molecule has 0 aliphatic carbocycles. The minimum atomic E-state index is -0.616. The van der Waals surface area contributed by atoms with Crippen molar-refractivity contribution in [3.63, 3.8) is 0 Å². The summed E-state index contributed by atoms with van der Waals surface area (Å²) in [6, 6.07) is 29.9. The lowest BCUT2D eigenvalue weighted by molar-refractivity contribution is -0.00981. The Kier molecular flexibility index (Phi) is 3.09. The van der Waals surface area contributed by atoms with Gasteiger partial charge in [-0.1, -0.05) is 72.3 Å². The third kappa shape index (κ3) is 2.01. The third-order valence-corrected chi connectivity index (χ3v) is 5.11. The molecule has 0 spiro atoms. The van der Waals surface area contributed by atoms with E-state index < -0.39 is 5.72 Å². The van der Waals surface area contributed by atoms with Crippen LogP contribution in [0.3, 0.4) is 0 Å². The Labute approximate surface area is 147 Å². The van der Waals surface area contributed by atoms with E-state index in [2.05, 4.69) is 96.4 Å². The quantitative estimate of drug-likeness (QED) is 0.492. The fourth-order valence-corrected chi connectivity index (χ4v) is 4.03. The van der Waals surface area contributed by atoms with Gasteiger partial charge in [-0.25, -0.2) is 0 Å². The molecule has 0 bridgehead atoms. The zero-order valence-corrected chi connectivity index (χ0v) is 14.1. The normalized spacial score (nSPS) is 15.4. The molecule has 1 aromatic heterocycles. The molecule has 25 heavy (non-hydrogen) atoms. The maximum Gasteiger partial charge on any atom is 0.198 e. The lowest BCUT2D eigenvalue weighted by atomic mass is 9.93. The number of nitrogens with zero attached hydrogens (tertiary/aromatic N) is 1. The van der Waals surface area contributed by atoms with Crippen LogP contribution in [-0.4, -0.2) is 4.57 Å². The van der Waals surface area contributed by atoms with Crippen LogP contribution in [0.2, 0.25) is 0 Å². The molecule has 1 aliphatic heterocycles. The highest BCUT2D eigenvalue weighted by atomic mass is 16.5.